The average Bonchev–Trinajstić information content (AvgIpc) is 2.77. The number of methoxy groups -OCH3 is 1. The lowest BCUT2D eigenvalue weighted by Gasteiger charge is -2.32. The minimum Gasteiger partial charge on any atom is -0.497 e. The molecule has 1 amide bonds. The van der Waals surface area contributed by atoms with Crippen LogP contribution in [0.1, 0.15) is 38.3 Å². The van der Waals surface area contributed by atoms with Gasteiger partial charge in [-0.25, -0.2) is 8.42 Å². The number of hydrogen-bond donors (Lipinski definition) is 1. The van der Waals surface area contributed by atoms with E-state index in [9.17, 15) is 13.2 Å². The maximum Gasteiger partial charge on any atom is 0.241 e. The number of ether oxygens (including phenoxy) is 1. The van der Waals surface area contributed by atoms with Crippen LogP contribution >= 0.6 is 0 Å². The van der Waals surface area contributed by atoms with Crippen molar-refractivity contribution in [2.24, 2.45) is 5.92 Å². The van der Waals surface area contributed by atoms with E-state index < -0.39 is 10.0 Å². The first kappa shape index (κ1) is 23.9. The van der Waals surface area contributed by atoms with E-state index in [-0.39, 0.29) is 18.5 Å². The standard InChI is InChI=1S/C24H33N3O4S/c1-18-12-14-26(15-13-18)21-10-8-20(9-11-21)19(2)25-24(28)17-27(32(4,29)30)22-6-5-7-23(16-22)31-3/h5-11,16,18-19H,12-15,17H2,1-4H3,(H,25,28). The Morgan fingerprint density at radius 1 is 1.19 bits per heavy atom. The molecule has 1 aliphatic rings. The first-order chi connectivity index (χ1) is 15.2. The van der Waals surface area contributed by atoms with Crippen molar-refractivity contribution in [1.82, 2.24) is 5.32 Å². The predicted molar refractivity (Wildman–Crippen MR) is 129 cm³/mol. The van der Waals surface area contributed by atoms with E-state index in [1.807, 2.05) is 19.1 Å². The summed E-state index contributed by atoms with van der Waals surface area (Å²) >= 11 is 0. The van der Waals surface area contributed by atoms with Gasteiger partial charge in [-0.2, -0.15) is 0 Å². The van der Waals surface area contributed by atoms with Crippen molar-refractivity contribution < 1.29 is 17.9 Å². The van der Waals surface area contributed by atoms with E-state index in [2.05, 4.69) is 29.3 Å². The van der Waals surface area contributed by atoms with Crippen LogP contribution in [0, 0.1) is 5.92 Å². The number of rotatable bonds is 8. The van der Waals surface area contributed by atoms with Gasteiger partial charge in [0.1, 0.15) is 12.3 Å². The molecule has 1 saturated heterocycles. The Morgan fingerprint density at radius 3 is 2.44 bits per heavy atom. The second-order valence-corrected chi connectivity index (χ2v) is 10.4. The molecule has 1 atom stereocenters. The molecule has 0 saturated carbocycles. The van der Waals surface area contributed by atoms with E-state index in [1.54, 1.807) is 24.3 Å². The zero-order valence-electron chi connectivity index (χ0n) is 19.2. The SMILES string of the molecule is COc1cccc(N(CC(=O)NC(C)c2ccc(N3CCC(C)CC3)cc2)S(C)(=O)=O)c1. The summed E-state index contributed by atoms with van der Waals surface area (Å²) in [4.78, 5) is 15.1. The number of nitrogens with zero attached hydrogens (tertiary/aromatic N) is 2. The topological polar surface area (TPSA) is 79.0 Å². The second kappa shape index (κ2) is 10.3. The normalized spacial score (nSPS) is 15.8. The van der Waals surface area contributed by atoms with Crippen LogP contribution in [0.2, 0.25) is 0 Å². The quantitative estimate of drug-likeness (QED) is 0.653. The number of carbonyl (C=O) groups is 1. The molecule has 0 aromatic heterocycles. The number of carbonyl (C=O) groups excluding carboxylic acids is 1. The molecule has 0 spiro atoms. The van der Waals surface area contributed by atoms with Gasteiger partial charge in [0.15, 0.2) is 0 Å². The van der Waals surface area contributed by atoms with Crippen molar-refractivity contribution in [3.8, 4) is 5.75 Å². The summed E-state index contributed by atoms with van der Waals surface area (Å²) in [5, 5.41) is 2.91. The van der Waals surface area contributed by atoms with Gasteiger partial charge in [-0.15, -0.1) is 0 Å². The summed E-state index contributed by atoms with van der Waals surface area (Å²) in [5.74, 6) is 0.928. The van der Waals surface area contributed by atoms with Gasteiger partial charge in [0.2, 0.25) is 15.9 Å². The largest absolute Gasteiger partial charge is 0.497 e. The average molecular weight is 460 g/mol. The first-order valence-corrected chi connectivity index (χ1v) is 12.8. The van der Waals surface area contributed by atoms with E-state index in [0.717, 1.165) is 35.1 Å². The summed E-state index contributed by atoms with van der Waals surface area (Å²) in [6.07, 6.45) is 3.50. The zero-order chi connectivity index (χ0) is 23.3. The zero-order valence-corrected chi connectivity index (χ0v) is 20.1. The summed E-state index contributed by atoms with van der Waals surface area (Å²) < 4.78 is 30.9. The highest BCUT2D eigenvalue weighted by molar-refractivity contribution is 7.92. The van der Waals surface area contributed by atoms with Gasteiger partial charge >= 0.3 is 0 Å². The van der Waals surface area contributed by atoms with Gasteiger partial charge in [-0.05, 0) is 55.5 Å². The molecule has 0 aliphatic carbocycles. The minimum absolute atomic E-state index is 0.246. The van der Waals surface area contributed by atoms with Crippen molar-refractivity contribution in [2.75, 3.05) is 42.2 Å². The van der Waals surface area contributed by atoms with Crippen molar-refractivity contribution in [1.29, 1.82) is 0 Å². The third kappa shape index (κ3) is 6.16. The molecule has 8 heteroatoms. The Balaban J connectivity index is 1.64. The Hall–Kier alpha value is -2.74. The van der Waals surface area contributed by atoms with Crippen LogP contribution < -0.4 is 19.3 Å². The Morgan fingerprint density at radius 2 is 1.84 bits per heavy atom. The molecular formula is C24H33N3O4S. The molecule has 0 radical (unpaired) electrons. The lowest BCUT2D eigenvalue weighted by molar-refractivity contribution is -0.120. The molecule has 2 aromatic carbocycles. The van der Waals surface area contributed by atoms with Crippen molar-refractivity contribution in [2.45, 2.75) is 32.7 Å². The fraction of sp³-hybridized carbons (Fsp3) is 0.458. The van der Waals surface area contributed by atoms with Crippen LogP contribution in [0.4, 0.5) is 11.4 Å². The third-order valence-corrected chi connectivity index (χ3v) is 7.09. The fourth-order valence-corrected chi connectivity index (χ4v) is 4.76. The van der Waals surface area contributed by atoms with Crippen molar-refractivity contribution in [3.63, 3.8) is 0 Å². The molecule has 32 heavy (non-hydrogen) atoms. The van der Waals surface area contributed by atoms with Gasteiger partial charge in [0.25, 0.3) is 0 Å². The highest BCUT2D eigenvalue weighted by Gasteiger charge is 2.22. The maximum absolute atomic E-state index is 12.7. The van der Waals surface area contributed by atoms with E-state index in [4.69, 9.17) is 4.74 Å². The molecule has 1 fully saturated rings. The van der Waals surface area contributed by atoms with E-state index >= 15 is 0 Å². The van der Waals surface area contributed by atoms with Crippen LogP contribution in [-0.2, 0) is 14.8 Å². The van der Waals surface area contributed by atoms with Gasteiger partial charge in [-0.3, -0.25) is 9.10 Å². The molecule has 174 valence electrons. The van der Waals surface area contributed by atoms with Gasteiger partial charge in [0.05, 0.1) is 25.1 Å². The monoisotopic (exact) mass is 459 g/mol. The van der Waals surface area contributed by atoms with Crippen LogP contribution in [-0.4, -0.2) is 47.3 Å². The first-order valence-electron chi connectivity index (χ1n) is 10.9. The van der Waals surface area contributed by atoms with Crippen LogP contribution in [0.3, 0.4) is 0 Å². The number of piperidine rings is 1. The summed E-state index contributed by atoms with van der Waals surface area (Å²) in [6, 6.07) is 14.6. The Kier molecular flexibility index (Phi) is 7.66. The molecule has 1 unspecified atom stereocenters. The lowest BCUT2D eigenvalue weighted by atomic mass is 9.98. The number of sulfonamides is 1. The number of nitrogens with one attached hydrogen (secondary N) is 1. The van der Waals surface area contributed by atoms with Crippen LogP contribution in [0.15, 0.2) is 48.5 Å². The second-order valence-electron chi connectivity index (χ2n) is 8.52. The van der Waals surface area contributed by atoms with Crippen molar-refractivity contribution >= 4 is 27.3 Å². The molecule has 0 bridgehead atoms. The number of hydrogen-bond acceptors (Lipinski definition) is 5. The maximum atomic E-state index is 12.7. The number of benzene rings is 2. The van der Waals surface area contributed by atoms with Gasteiger partial charge < -0.3 is 15.0 Å². The van der Waals surface area contributed by atoms with E-state index in [0.29, 0.717) is 11.4 Å². The third-order valence-electron chi connectivity index (χ3n) is 5.95. The fourth-order valence-electron chi connectivity index (χ4n) is 3.91. The molecule has 1 aliphatic heterocycles. The minimum atomic E-state index is -3.65. The molecular weight excluding hydrogens is 426 g/mol. The van der Waals surface area contributed by atoms with Gasteiger partial charge in [0, 0.05) is 24.8 Å². The summed E-state index contributed by atoms with van der Waals surface area (Å²) in [7, 11) is -2.14. The molecule has 2 aromatic rings. The molecule has 1 N–H and O–H groups in total. The van der Waals surface area contributed by atoms with Gasteiger partial charge in [-0.1, -0.05) is 25.1 Å². The van der Waals surface area contributed by atoms with E-state index in [1.165, 1.54) is 25.6 Å². The summed E-state index contributed by atoms with van der Waals surface area (Å²) in [5.41, 5.74) is 2.55. The number of amides is 1. The van der Waals surface area contributed by atoms with Crippen LogP contribution in [0.5, 0.6) is 5.75 Å². The molecule has 7 nitrogen and oxygen atoms in total. The number of anilines is 2. The highest BCUT2D eigenvalue weighted by Crippen LogP contribution is 2.25. The Labute approximate surface area is 191 Å². The van der Waals surface area contributed by atoms with Crippen LogP contribution in [0.25, 0.3) is 0 Å². The molecule has 3 rings (SSSR count). The smallest absolute Gasteiger partial charge is 0.241 e. The predicted octanol–water partition coefficient (Wildman–Crippen LogP) is 3.57. The molecule has 1 heterocycles. The lowest BCUT2D eigenvalue weighted by Crippen LogP contribution is -2.41. The summed E-state index contributed by atoms with van der Waals surface area (Å²) in [6.45, 7) is 6.02. The highest BCUT2D eigenvalue weighted by atomic mass is 32.2. The van der Waals surface area contributed by atoms with Crippen molar-refractivity contribution in [3.05, 3.63) is 54.1 Å². The Bertz CT molecular complexity index is 1020.